The van der Waals surface area contributed by atoms with Gasteiger partial charge in [0.15, 0.2) is 6.61 Å². The Hall–Kier alpha value is -3.00. The molecule has 156 valence electrons. The number of hydrogen-bond acceptors (Lipinski definition) is 7. The van der Waals surface area contributed by atoms with Gasteiger partial charge in [0.05, 0.1) is 17.3 Å². The third-order valence-electron chi connectivity index (χ3n) is 4.03. The van der Waals surface area contributed by atoms with Crippen LogP contribution >= 0.6 is 11.6 Å². The van der Waals surface area contributed by atoms with E-state index in [4.69, 9.17) is 21.2 Å². The number of oxime groups is 1. The summed E-state index contributed by atoms with van der Waals surface area (Å²) in [5.41, 5.74) is 0.339. The van der Waals surface area contributed by atoms with E-state index >= 15 is 0 Å². The second-order valence-electron chi connectivity index (χ2n) is 6.16. The van der Waals surface area contributed by atoms with E-state index in [1.807, 2.05) is 18.2 Å². The maximum Gasteiger partial charge on any atom is 0.342 e. The fraction of sp³-hybridized carbons (Fsp3) is 0.350. The van der Waals surface area contributed by atoms with Crippen molar-refractivity contribution in [3.63, 3.8) is 0 Å². The van der Waals surface area contributed by atoms with E-state index in [1.54, 1.807) is 6.08 Å². The van der Waals surface area contributed by atoms with E-state index in [9.17, 15) is 19.8 Å². The van der Waals surface area contributed by atoms with Crippen LogP contribution in [0.5, 0.6) is 11.5 Å². The van der Waals surface area contributed by atoms with Crippen LogP contribution in [0.4, 0.5) is 0 Å². The predicted octanol–water partition coefficient (Wildman–Crippen LogP) is 2.87. The fourth-order valence-electron chi connectivity index (χ4n) is 2.57. The number of phenolic OH excluding ortho intramolecular Hbond substituents is 2. The number of amides is 1. The number of halogens is 1. The molecule has 0 bridgehead atoms. The molecule has 0 radical (unpaired) electrons. The Morgan fingerprint density at radius 1 is 1.24 bits per heavy atom. The number of nitrogens with one attached hydrogen (secondary N) is 1. The number of benzene rings is 1. The Balaban J connectivity index is 2.45. The Kier molecular flexibility index (Phi) is 8.54. The maximum absolute atomic E-state index is 12.5. The van der Waals surface area contributed by atoms with Crippen LogP contribution in [0.2, 0.25) is 5.02 Å². The van der Waals surface area contributed by atoms with Crippen molar-refractivity contribution in [3.8, 4) is 11.5 Å². The maximum atomic E-state index is 12.5. The highest BCUT2D eigenvalue weighted by atomic mass is 35.5. The second kappa shape index (κ2) is 11.1. The molecular formula is C20H23ClN2O6. The molecule has 3 N–H and O–H groups in total. The largest absolute Gasteiger partial charge is 0.507 e. The molecule has 1 amide bonds. The first-order valence-electron chi connectivity index (χ1n) is 9.05. The summed E-state index contributed by atoms with van der Waals surface area (Å²) in [6.07, 6.45) is 9.44. The summed E-state index contributed by atoms with van der Waals surface area (Å²) in [6, 6.07) is 0.986. The number of rotatable bonds is 3. The number of carbonyl (C=O) groups excluding carboxylic acids is 2. The Morgan fingerprint density at radius 3 is 2.72 bits per heavy atom. The molecule has 0 aliphatic carbocycles. The average Bonchev–Trinajstić information content (AvgIpc) is 2.69. The highest BCUT2D eigenvalue weighted by Crippen LogP contribution is 2.37. The second-order valence-corrected chi connectivity index (χ2v) is 6.54. The van der Waals surface area contributed by atoms with Gasteiger partial charge < -0.3 is 25.1 Å². The third kappa shape index (κ3) is 6.53. The number of allylic oxidation sites excluding steroid dienone is 3. The molecule has 1 aromatic carbocycles. The topological polar surface area (TPSA) is 117 Å². The minimum atomic E-state index is -0.764. The van der Waals surface area contributed by atoms with Gasteiger partial charge in [0.2, 0.25) is 0 Å². The van der Waals surface area contributed by atoms with Gasteiger partial charge in [0, 0.05) is 19.5 Å². The van der Waals surface area contributed by atoms with E-state index < -0.39 is 11.7 Å². The van der Waals surface area contributed by atoms with E-state index in [0.29, 0.717) is 12.1 Å². The summed E-state index contributed by atoms with van der Waals surface area (Å²) in [7, 11) is 1.47. The molecule has 9 heteroatoms. The van der Waals surface area contributed by atoms with Gasteiger partial charge in [0.25, 0.3) is 5.91 Å². The molecule has 0 atom stereocenters. The molecule has 0 aromatic heterocycles. The van der Waals surface area contributed by atoms with Crippen LogP contribution in [0.25, 0.3) is 0 Å². The Bertz CT molecular complexity index is 848. The smallest absolute Gasteiger partial charge is 0.342 e. The lowest BCUT2D eigenvalue weighted by molar-refractivity contribution is -0.125. The quantitative estimate of drug-likeness (QED) is 0.391. The van der Waals surface area contributed by atoms with Crippen molar-refractivity contribution in [3.05, 3.63) is 46.5 Å². The normalized spacial score (nSPS) is 18.8. The van der Waals surface area contributed by atoms with Gasteiger partial charge in [0.1, 0.15) is 17.1 Å². The summed E-state index contributed by atoms with van der Waals surface area (Å²) in [5, 5.41) is 26.5. The number of nitrogens with zero attached hydrogens (tertiary/aromatic N) is 1. The number of phenols is 2. The lowest BCUT2D eigenvalue weighted by Gasteiger charge is -2.14. The summed E-state index contributed by atoms with van der Waals surface area (Å²) in [5.74, 6) is -1.96. The average molecular weight is 423 g/mol. The van der Waals surface area contributed by atoms with Crippen molar-refractivity contribution in [1.82, 2.24) is 5.32 Å². The van der Waals surface area contributed by atoms with Crippen LogP contribution < -0.4 is 5.32 Å². The molecular weight excluding hydrogens is 400 g/mol. The number of ether oxygens (including phenoxy) is 1. The van der Waals surface area contributed by atoms with Crippen LogP contribution in [0, 0.1) is 0 Å². The molecule has 2 rings (SSSR count). The molecule has 1 aliphatic rings. The van der Waals surface area contributed by atoms with Crippen molar-refractivity contribution < 1.29 is 29.4 Å². The van der Waals surface area contributed by atoms with E-state index in [1.165, 1.54) is 7.05 Å². The Morgan fingerprint density at radius 2 is 1.97 bits per heavy atom. The summed E-state index contributed by atoms with van der Waals surface area (Å²) >= 11 is 6.21. The molecule has 1 aromatic rings. The number of esters is 1. The Labute approximate surface area is 173 Å². The number of hydrogen-bond donors (Lipinski definition) is 3. The van der Waals surface area contributed by atoms with Crippen LogP contribution in [0.15, 0.2) is 35.5 Å². The molecule has 0 fully saturated rings. The zero-order valence-corrected chi connectivity index (χ0v) is 16.7. The monoisotopic (exact) mass is 422 g/mol. The van der Waals surface area contributed by atoms with Gasteiger partial charge in [-0.15, -0.1) is 0 Å². The first-order valence-corrected chi connectivity index (χ1v) is 9.43. The zero-order chi connectivity index (χ0) is 21.2. The SMILES string of the molecule is CNC(=O)CO/N=C1\C=C\CC/C=C/CCOC(=O)c2c(O)cc(O)c(Cl)c2C1. The highest BCUT2D eigenvalue weighted by Gasteiger charge is 2.24. The number of aromatic hydroxyl groups is 2. The molecule has 1 heterocycles. The summed E-state index contributed by atoms with van der Waals surface area (Å²) in [4.78, 5) is 28.9. The van der Waals surface area contributed by atoms with Crippen LogP contribution in [0.1, 0.15) is 35.2 Å². The van der Waals surface area contributed by atoms with E-state index in [2.05, 4.69) is 10.5 Å². The lowest BCUT2D eigenvalue weighted by Crippen LogP contribution is -2.22. The fourth-order valence-corrected chi connectivity index (χ4v) is 2.78. The molecule has 0 saturated heterocycles. The molecule has 0 unspecified atom stereocenters. The molecule has 1 aliphatic heterocycles. The molecule has 8 nitrogen and oxygen atoms in total. The number of cyclic esters (lactones) is 1. The molecule has 0 spiro atoms. The van der Waals surface area contributed by atoms with Crippen molar-refractivity contribution in [2.45, 2.75) is 25.7 Å². The van der Waals surface area contributed by atoms with Gasteiger partial charge in [-0.3, -0.25) is 4.79 Å². The van der Waals surface area contributed by atoms with Crippen molar-refractivity contribution in [1.29, 1.82) is 0 Å². The van der Waals surface area contributed by atoms with Gasteiger partial charge in [-0.2, -0.15) is 0 Å². The van der Waals surface area contributed by atoms with Crippen LogP contribution in [-0.4, -0.2) is 48.1 Å². The highest BCUT2D eigenvalue weighted by molar-refractivity contribution is 6.33. The van der Waals surface area contributed by atoms with Crippen molar-refractivity contribution in [2.75, 3.05) is 20.3 Å². The lowest BCUT2D eigenvalue weighted by atomic mass is 9.99. The van der Waals surface area contributed by atoms with Crippen molar-refractivity contribution in [2.24, 2.45) is 5.16 Å². The first-order chi connectivity index (χ1) is 13.9. The van der Waals surface area contributed by atoms with E-state index in [0.717, 1.165) is 18.9 Å². The third-order valence-corrected chi connectivity index (χ3v) is 4.46. The summed E-state index contributed by atoms with van der Waals surface area (Å²) in [6.45, 7) is -0.150. The zero-order valence-electron chi connectivity index (χ0n) is 16.0. The predicted molar refractivity (Wildman–Crippen MR) is 108 cm³/mol. The van der Waals surface area contributed by atoms with Crippen molar-refractivity contribution >= 4 is 29.2 Å². The molecule has 0 saturated carbocycles. The summed E-state index contributed by atoms with van der Waals surface area (Å²) < 4.78 is 5.22. The number of carbonyl (C=O) groups is 2. The van der Waals surface area contributed by atoms with E-state index in [-0.39, 0.29) is 47.4 Å². The number of likely N-dealkylation sites (N-methyl/N-ethyl adjacent to an activating group) is 1. The molecule has 29 heavy (non-hydrogen) atoms. The van der Waals surface area contributed by atoms with Gasteiger partial charge in [-0.25, -0.2) is 4.79 Å². The van der Waals surface area contributed by atoms with Crippen LogP contribution in [-0.2, 0) is 20.8 Å². The van der Waals surface area contributed by atoms with Gasteiger partial charge in [-0.1, -0.05) is 35.0 Å². The standard InChI is InChI=1S/C20H23ClN2O6/c1-22-17(26)12-29-23-13-8-6-4-2-3-5-7-9-28-20(27)18-14(10-13)19(21)16(25)11-15(18)24/h3,5-6,8,11,24-25H,2,4,7,9-10,12H2,1H3,(H,22,26)/b5-3+,8-6+,23-13+. The van der Waals surface area contributed by atoms with Crippen LogP contribution in [0.3, 0.4) is 0 Å². The number of fused-ring (bicyclic) bond motifs is 1. The minimum absolute atomic E-state index is 0.0364. The first kappa shape index (κ1) is 22.3. The minimum Gasteiger partial charge on any atom is -0.507 e. The van der Waals surface area contributed by atoms with Gasteiger partial charge >= 0.3 is 5.97 Å². The van der Waals surface area contributed by atoms with Gasteiger partial charge in [-0.05, 0) is 30.9 Å².